The first-order valence-electron chi connectivity index (χ1n) is 10.0. The standard InChI is InChI=1S/C24H22N4O4S/c1-30-19-7-5-18(6-8-19)28-23(16-10-12-25-13-11-16)26-27-24(28)33-15-20(29)17-4-9-21(31-2)22(14-17)32-3/h4-14H,15H2,1-3H3. The molecule has 168 valence electrons. The van der Waals surface area contributed by atoms with E-state index in [4.69, 9.17) is 14.2 Å². The maximum absolute atomic E-state index is 12.9. The zero-order valence-electron chi connectivity index (χ0n) is 18.4. The number of pyridine rings is 1. The highest BCUT2D eigenvalue weighted by molar-refractivity contribution is 7.99. The van der Waals surface area contributed by atoms with Crippen LogP contribution < -0.4 is 14.2 Å². The van der Waals surface area contributed by atoms with Crippen molar-refractivity contribution in [3.05, 3.63) is 72.6 Å². The summed E-state index contributed by atoms with van der Waals surface area (Å²) in [6, 6.07) is 16.4. The highest BCUT2D eigenvalue weighted by Crippen LogP contribution is 2.31. The van der Waals surface area contributed by atoms with Crippen LogP contribution in [0.25, 0.3) is 17.1 Å². The number of hydrogen-bond acceptors (Lipinski definition) is 8. The van der Waals surface area contributed by atoms with Crippen LogP contribution in [0.5, 0.6) is 17.2 Å². The van der Waals surface area contributed by atoms with Crippen LogP contribution in [-0.2, 0) is 0 Å². The van der Waals surface area contributed by atoms with E-state index in [0.29, 0.717) is 28.0 Å². The lowest BCUT2D eigenvalue weighted by molar-refractivity contribution is 0.102. The van der Waals surface area contributed by atoms with Gasteiger partial charge in [0.05, 0.1) is 27.1 Å². The first-order chi connectivity index (χ1) is 16.1. The molecule has 0 aliphatic carbocycles. The van der Waals surface area contributed by atoms with Crippen molar-refractivity contribution >= 4 is 17.5 Å². The molecule has 0 fully saturated rings. The fourth-order valence-electron chi connectivity index (χ4n) is 3.24. The van der Waals surface area contributed by atoms with Gasteiger partial charge < -0.3 is 14.2 Å². The minimum atomic E-state index is -0.0595. The molecule has 33 heavy (non-hydrogen) atoms. The first kappa shape index (κ1) is 22.3. The van der Waals surface area contributed by atoms with Gasteiger partial charge in [-0.2, -0.15) is 0 Å². The second-order valence-electron chi connectivity index (χ2n) is 6.86. The molecule has 2 aromatic carbocycles. The molecule has 0 saturated heterocycles. The normalized spacial score (nSPS) is 10.6. The molecule has 0 bridgehead atoms. The predicted molar refractivity (Wildman–Crippen MR) is 126 cm³/mol. The Morgan fingerprint density at radius 3 is 2.27 bits per heavy atom. The number of rotatable bonds is 9. The molecule has 4 aromatic rings. The molecule has 0 N–H and O–H groups in total. The maximum Gasteiger partial charge on any atom is 0.196 e. The minimum absolute atomic E-state index is 0.0595. The number of carbonyl (C=O) groups excluding carboxylic acids is 1. The number of hydrogen-bond donors (Lipinski definition) is 0. The second kappa shape index (κ2) is 10.2. The van der Waals surface area contributed by atoms with Crippen LogP contribution in [0.4, 0.5) is 0 Å². The monoisotopic (exact) mass is 462 g/mol. The van der Waals surface area contributed by atoms with Gasteiger partial charge in [0.25, 0.3) is 0 Å². The predicted octanol–water partition coefficient (Wildman–Crippen LogP) is 4.33. The van der Waals surface area contributed by atoms with Crippen LogP contribution in [-0.4, -0.2) is 52.6 Å². The summed E-state index contributed by atoms with van der Waals surface area (Å²) in [5, 5.41) is 9.35. The number of ketones is 1. The smallest absolute Gasteiger partial charge is 0.196 e. The number of benzene rings is 2. The van der Waals surface area contributed by atoms with Crippen molar-refractivity contribution in [2.45, 2.75) is 5.16 Å². The lowest BCUT2D eigenvalue weighted by Gasteiger charge is -2.11. The molecule has 0 saturated carbocycles. The van der Waals surface area contributed by atoms with Gasteiger partial charge in [-0.15, -0.1) is 10.2 Å². The van der Waals surface area contributed by atoms with E-state index in [1.165, 1.54) is 11.8 Å². The van der Waals surface area contributed by atoms with Gasteiger partial charge in [-0.1, -0.05) is 11.8 Å². The number of nitrogens with zero attached hydrogens (tertiary/aromatic N) is 4. The first-order valence-corrected chi connectivity index (χ1v) is 11.0. The SMILES string of the molecule is COc1ccc(-n2c(SCC(=O)c3ccc(OC)c(OC)c3)nnc2-c2ccncc2)cc1. The summed E-state index contributed by atoms with van der Waals surface area (Å²) in [5.41, 5.74) is 2.25. The van der Waals surface area contributed by atoms with E-state index in [1.54, 1.807) is 51.9 Å². The van der Waals surface area contributed by atoms with E-state index < -0.39 is 0 Å². The van der Waals surface area contributed by atoms with Crippen LogP contribution in [0.1, 0.15) is 10.4 Å². The van der Waals surface area contributed by atoms with Crippen molar-refractivity contribution in [1.29, 1.82) is 0 Å². The Hall–Kier alpha value is -3.85. The summed E-state index contributed by atoms with van der Waals surface area (Å²) in [5.74, 6) is 2.60. The Labute approximate surface area is 195 Å². The summed E-state index contributed by atoms with van der Waals surface area (Å²) in [4.78, 5) is 17.0. The Kier molecular flexibility index (Phi) is 6.89. The Morgan fingerprint density at radius 1 is 0.879 bits per heavy atom. The van der Waals surface area contributed by atoms with Crippen molar-refractivity contribution in [2.24, 2.45) is 0 Å². The van der Waals surface area contributed by atoms with Gasteiger partial charge in [-0.05, 0) is 54.6 Å². The average Bonchev–Trinajstić information content (AvgIpc) is 3.31. The van der Waals surface area contributed by atoms with Crippen LogP contribution in [0.3, 0.4) is 0 Å². The summed E-state index contributed by atoms with van der Waals surface area (Å²) in [6.07, 6.45) is 3.41. The van der Waals surface area contributed by atoms with Gasteiger partial charge in [0.2, 0.25) is 0 Å². The topological polar surface area (TPSA) is 88.4 Å². The van der Waals surface area contributed by atoms with E-state index >= 15 is 0 Å². The summed E-state index contributed by atoms with van der Waals surface area (Å²) < 4.78 is 17.8. The summed E-state index contributed by atoms with van der Waals surface area (Å²) in [6.45, 7) is 0. The molecule has 0 atom stereocenters. The highest BCUT2D eigenvalue weighted by Gasteiger charge is 2.18. The molecular weight excluding hydrogens is 440 g/mol. The Balaban J connectivity index is 1.64. The van der Waals surface area contributed by atoms with E-state index in [2.05, 4.69) is 15.2 Å². The van der Waals surface area contributed by atoms with Crippen LogP contribution in [0.2, 0.25) is 0 Å². The molecule has 0 aliphatic heterocycles. The van der Waals surface area contributed by atoms with Crippen molar-refractivity contribution in [1.82, 2.24) is 19.7 Å². The molecular formula is C24H22N4O4S. The van der Waals surface area contributed by atoms with Gasteiger partial charge in [-0.3, -0.25) is 14.3 Å². The zero-order valence-corrected chi connectivity index (χ0v) is 19.2. The molecule has 0 unspecified atom stereocenters. The summed E-state index contributed by atoms with van der Waals surface area (Å²) >= 11 is 1.31. The second-order valence-corrected chi connectivity index (χ2v) is 7.80. The molecule has 9 heteroatoms. The van der Waals surface area contributed by atoms with Gasteiger partial charge in [0, 0.05) is 29.2 Å². The molecule has 4 rings (SSSR count). The third-order valence-electron chi connectivity index (χ3n) is 4.94. The highest BCUT2D eigenvalue weighted by atomic mass is 32.2. The third kappa shape index (κ3) is 4.83. The molecule has 2 aromatic heterocycles. The fourth-order valence-corrected chi connectivity index (χ4v) is 4.08. The quantitative estimate of drug-likeness (QED) is 0.268. The van der Waals surface area contributed by atoms with E-state index in [0.717, 1.165) is 17.0 Å². The number of methoxy groups -OCH3 is 3. The fraction of sp³-hybridized carbons (Fsp3) is 0.167. The molecule has 0 spiro atoms. The number of carbonyl (C=O) groups is 1. The summed E-state index contributed by atoms with van der Waals surface area (Å²) in [7, 11) is 4.72. The molecule has 0 aliphatic rings. The van der Waals surface area contributed by atoms with Gasteiger partial charge in [0.1, 0.15) is 5.75 Å². The molecule has 8 nitrogen and oxygen atoms in total. The third-order valence-corrected chi connectivity index (χ3v) is 5.87. The van der Waals surface area contributed by atoms with E-state index in [-0.39, 0.29) is 11.5 Å². The van der Waals surface area contributed by atoms with Crippen molar-refractivity contribution in [3.63, 3.8) is 0 Å². The number of Topliss-reactive ketones (excluding diaryl/α,β-unsaturated/α-hetero) is 1. The molecule has 0 radical (unpaired) electrons. The Morgan fingerprint density at radius 2 is 1.61 bits per heavy atom. The molecule has 2 heterocycles. The van der Waals surface area contributed by atoms with Crippen LogP contribution >= 0.6 is 11.8 Å². The largest absolute Gasteiger partial charge is 0.497 e. The lowest BCUT2D eigenvalue weighted by atomic mass is 10.1. The van der Waals surface area contributed by atoms with Crippen molar-refractivity contribution in [2.75, 3.05) is 27.1 Å². The number of thioether (sulfide) groups is 1. The van der Waals surface area contributed by atoms with Gasteiger partial charge in [-0.25, -0.2) is 0 Å². The number of aromatic nitrogens is 4. The van der Waals surface area contributed by atoms with E-state index in [9.17, 15) is 4.79 Å². The number of ether oxygens (including phenoxy) is 3. The minimum Gasteiger partial charge on any atom is -0.497 e. The van der Waals surface area contributed by atoms with Gasteiger partial charge in [0.15, 0.2) is 28.3 Å². The van der Waals surface area contributed by atoms with Crippen LogP contribution in [0.15, 0.2) is 72.1 Å². The van der Waals surface area contributed by atoms with Crippen LogP contribution in [0, 0.1) is 0 Å². The lowest BCUT2D eigenvalue weighted by Crippen LogP contribution is -2.06. The molecule has 0 amide bonds. The van der Waals surface area contributed by atoms with Gasteiger partial charge >= 0.3 is 0 Å². The average molecular weight is 463 g/mol. The Bertz CT molecular complexity index is 1240. The van der Waals surface area contributed by atoms with Crippen molar-refractivity contribution < 1.29 is 19.0 Å². The maximum atomic E-state index is 12.9. The van der Waals surface area contributed by atoms with Crippen molar-refractivity contribution in [3.8, 4) is 34.3 Å². The van der Waals surface area contributed by atoms with E-state index in [1.807, 2.05) is 41.0 Å². The zero-order chi connectivity index (χ0) is 23.2.